The van der Waals surface area contributed by atoms with Crippen LogP contribution in [0, 0.1) is 5.92 Å². The van der Waals surface area contributed by atoms with E-state index in [9.17, 15) is 9.35 Å². The number of ether oxygens (including phenoxy) is 1. The molecule has 4 atom stereocenters. The minimum absolute atomic E-state index is 0.0401. The number of esters is 1. The molecule has 1 aliphatic heterocycles. The van der Waals surface area contributed by atoms with Gasteiger partial charge in [0.15, 0.2) is 0 Å². The largest absolute Gasteiger partial charge is 0.598 e. The summed E-state index contributed by atoms with van der Waals surface area (Å²) in [7, 11) is 0. The summed E-state index contributed by atoms with van der Waals surface area (Å²) < 4.78 is 20.7. The molecule has 1 aliphatic carbocycles. The first kappa shape index (κ1) is 19.5. The number of rotatable bonds is 8. The SMILES string of the molecule is C=CC[C@@H]1CN([S@@+]([O-])CCCC)[C@H]2Cc3ccccc3[C@@]12C(=O)OCC. The average Bonchev–Trinajstić information content (AvgIpc) is 3.14. The highest BCUT2D eigenvalue weighted by molar-refractivity contribution is 7.89. The van der Waals surface area contributed by atoms with Crippen molar-refractivity contribution in [2.75, 3.05) is 18.9 Å². The van der Waals surface area contributed by atoms with Gasteiger partial charge in [-0.05, 0) is 37.3 Å². The highest BCUT2D eigenvalue weighted by Crippen LogP contribution is 2.54. The third-order valence-electron chi connectivity index (χ3n) is 5.79. The minimum Gasteiger partial charge on any atom is -0.598 e. The molecule has 0 bridgehead atoms. The predicted octanol–water partition coefficient (Wildman–Crippen LogP) is 3.38. The second kappa shape index (κ2) is 8.15. The summed E-state index contributed by atoms with van der Waals surface area (Å²) in [4.78, 5) is 13.3. The lowest BCUT2D eigenvalue weighted by molar-refractivity contribution is -0.152. The van der Waals surface area contributed by atoms with Crippen LogP contribution >= 0.6 is 0 Å². The van der Waals surface area contributed by atoms with Gasteiger partial charge in [-0.25, -0.2) is 0 Å². The van der Waals surface area contributed by atoms with Crippen LogP contribution in [0.1, 0.15) is 44.2 Å². The van der Waals surface area contributed by atoms with Crippen molar-refractivity contribution in [2.45, 2.75) is 51.0 Å². The van der Waals surface area contributed by atoms with Gasteiger partial charge in [0.05, 0.1) is 12.6 Å². The Morgan fingerprint density at radius 2 is 2.23 bits per heavy atom. The Morgan fingerprint density at radius 3 is 2.92 bits per heavy atom. The summed E-state index contributed by atoms with van der Waals surface area (Å²) in [6.45, 7) is 8.87. The Morgan fingerprint density at radius 1 is 1.46 bits per heavy atom. The zero-order chi connectivity index (χ0) is 18.7. The lowest BCUT2D eigenvalue weighted by atomic mass is 9.70. The lowest BCUT2D eigenvalue weighted by Gasteiger charge is -2.33. The predicted molar refractivity (Wildman–Crippen MR) is 105 cm³/mol. The van der Waals surface area contributed by atoms with E-state index in [1.807, 2.05) is 25.1 Å². The normalized spacial score (nSPS) is 28.4. The number of hydrogen-bond acceptors (Lipinski definition) is 4. The molecule has 1 heterocycles. The molecule has 1 aromatic rings. The highest BCUT2D eigenvalue weighted by Gasteiger charge is 2.66. The van der Waals surface area contributed by atoms with Gasteiger partial charge >= 0.3 is 5.97 Å². The van der Waals surface area contributed by atoms with Gasteiger partial charge in [-0.15, -0.1) is 10.9 Å². The topological polar surface area (TPSA) is 52.6 Å². The van der Waals surface area contributed by atoms with Gasteiger partial charge in [0.1, 0.15) is 11.2 Å². The number of carbonyl (C=O) groups is 1. The molecule has 0 unspecified atom stereocenters. The molecule has 5 heteroatoms. The van der Waals surface area contributed by atoms with Crippen LogP contribution in [0.2, 0.25) is 0 Å². The average molecular weight is 376 g/mol. The fourth-order valence-electron chi connectivity index (χ4n) is 4.69. The first-order valence-corrected chi connectivity index (χ1v) is 10.9. The Balaban J connectivity index is 2.06. The number of allylic oxidation sites excluding steroid dienone is 1. The Bertz CT molecular complexity index is 664. The summed E-state index contributed by atoms with van der Waals surface area (Å²) in [5, 5.41) is 0. The van der Waals surface area contributed by atoms with Crippen molar-refractivity contribution in [1.29, 1.82) is 0 Å². The highest BCUT2D eigenvalue weighted by atomic mass is 32.2. The molecule has 0 aromatic heterocycles. The zero-order valence-corrected chi connectivity index (χ0v) is 16.6. The van der Waals surface area contributed by atoms with E-state index in [-0.39, 0.29) is 17.9 Å². The number of nitrogens with zero attached hydrogens (tertiary/aromatic N) is 1. The number of hydrogen-bond donors (Lipinski definition) is 0. The monoisotopic (exact) mass is 375 g/mol. The van der Waals surface area contributed by atoms with Crippen LogP contribution < -0.4 is 0 Å². The quantitative estimate of drug-likeness (QED) is 0.397. The van der Waals surface area contributed by atoms with Gasteiger partial charge in [0, 0.05) is 23.8 Å². The van der Waals surface area contributed by atoms with Crippen LogP contribution in [0.3, 0.4) is 0 Å². The summed E-state index contributed by atoms with van der Waals surface area (Å²) in [5.41, 5.74) is 1.50. The maximum Gasteiger partial charge on any atom is 0.318 e. The fraction of sp³-hybridized carbons (Fsp3) is 0.571. The van der Waals surface area contributed by atoms with Crippen LogP contribution in [0.25, 0.3) is 0 Å². The van der Waals surface area contributed by atoms with Gasteiger partial charge in [-0.2, -0.15) is 0 Å². The van der Waals surface area contributed by atoms with E-state index in [0.717, 1.165) is 24.8 Å². The molecule has 0 saturated carbocycles. The standard InChI is InChI=1S/C21H29NO3S/c1-4-7-13-26(24)22-15-17(10-5-2)21(20(23)25-6-3)18-12-9-8-11-16(18)14-19(21)22/h5,8-9,11-12,17,19H,2,4,6-7,10,13-15H2,1,3H3/t17-,19+,21+,26+/m1/s1. The number of fused-ring (bicyclic) bond motifs is 3. The zero-order valence-electron chi connectivity index (χ0n) is 15.8. The van der Waals surface area contributed by atoms with Gasteiger partial charge in [0.25, 0.3) is 0 Å². The molecule has 4 nitrogen and oxygen atoms in total. The summed E-state index contributed by atoms with van der Waals surface area (Å²) >= 11 is -1.07. The lowest BCUT2D eigenvalue weighted by Crippen LogP contribution is -2.50. The third kappa shape index (κ3) is 3.00. The molecule has 1 saturated heterocycles. The maximum atomic E-state index is 13.3. The third-order valence-corrected chi connectivity index (χ3v) is 7.36. The van der Waals surface area contributed by atoms with Crippen molar-refractivity contribution >= 4 is 17.3 Å². The Hall–Kier alpha value is -1.30. The molecule has 3 rings (SSSR count). The molecular weight excluding hydrogens is 346 g/mol. The van der Waals surface area contributed by atoms with Crippen molar-refractivity contribution in [2.24, 2.45) is 5.92 Å². The minimum atomic E-state index is -1.07. The molecule has 0 radical (unpaired) electrons. The van der Waals surface area contributed by atoms with E-state index in [1.54, 1.807) is 0 Å². The molecule has 0 amide bonds. The van der Waals surface area contributed by atoms with Gasteiger partial charge in [0.2, 0.25) is 0 Å². The molecule has 1 fully saturated rings. The number of unbranched alkanes of at least 4 members (excludes halogenated alkanes) is 1. The maximum absolute atomic E-state index is 13.3. The van der Waals surface area contributed by atoms with E-state index in [2.05, 4.69) is 29.9 Å². The van der Waals surface area contributed by atoms with Gasteiger partial charge in [-0.3, -0.25) is 4.79 Å². The summed E-state index contributed by atoms with van der Waals surface area (Å²) in [6.07, 6.45) is 5.29. The second-order valence-corrected chi connectivity index (χ2v) is 8.69. The van der Waals surface area contributed by atoms with Gasteiger partial charge < -0.3 is 9.29 Å². The van der Waals surface area contributed by atoms with E-state index in [0.29, 0.717) is 25.3 Å². The Kier molecular flexibility index (Phi) is 6.10. The molecular formula is C21H29NO3S. The second-order valence-electron chi connectivity index (χ2n) is 7.17. The summed E-state index contributed by atoms with van der Waals surface area (Å²) in [5.74, 6) is 0.526. The van der Waals surface area contributed by atoms with Crippen molar-refractivity contribution in [1.82, 2.24) is 4.31 Å². The molecule has 1 aromatic carbocycles. The van der Waals surface area contributed by atoms with Crippen molar-refractivity contribution < 1.29 is 14.1 Å². The van der Waals surface area contributed by atoms with Gasteiger partial charge in [-0.1, -0.05) is 43.7 Å². The molecule has 0 spiro atoms. The smallest absolute Gasteiger partial charge is 0.318 e. The number of carbonyl (C=O) groups excluding carboxylic acids is 1. The van der Waals surface area contributed by atoms with Crippen molar-refractivity contribution in [3.8, 4) is 0 Å². The molecule has 2 aliphatic rings. The van der Waals surface area contributed by atoms with Crippen molar-refractivity contribution in [3.63, 3.8) is 0 Å². The van der Waals surface area contributed by atoms with E-state index in [1.165, 1.54) is 5.56 Å². The fourth-order valence-corrected chi connectivity index (χ4v) is 6.34. The van der Waals surface area contributed by atoms with Crippen molar-refractivity contribution in [3.05, 3.63) is 48.0 Å². The molecule has 0 N–H and O–H groups in total. The van der Waals surface area contributed by atoms with Crippen LogP contribution in [-0.4, -0.2) is 39.8 Å². The Labute approximate surface area is 159 Å². The van der Waals surface area contributed by atoms with E-state index in [4.69, 9.17) is 4.74 Å². The summed E-state index contributed by atoms with van der Waals surface area (Å²) in [6, 6.07) is 8.05. The molecule has 26 heavy (non-hydrogen) atoms. The van der Waals surface area contributed by atoms with Crippen LogP contribution in [0.4, 0.5) is 0 Å². The van der Waals surface area contributed by atoms with Crippen LogP contribution in [0.15, 0.2) is 36.9 Å². The van der Waals surface area contributed by atoms with E-state index >= 15 is 0 Å². The number of benzene rings is 1. The molecule has 142 valence electrons. The first-order chi connectivity index (χ1) is 12.6. The van der Waals surface area contributed by atoms with E-state index < -0.39 is 16.8 Å². The first-order valence-electron chi connectivity index (χ1n) is 9.62. The van der Waals surface area contributed by atoms with Crippen LogP contribution in [-0.2, 0) is 32.7 Å². The van der Waals surface area contributed by atoms with Crippen LogP contribution in [0.5, 0.6) is 0 Å².